The second kappa shape index (κ2) is 10.2. The first-order valence-electron chi connectivity index (χ1n) is 9.82. The Morgan fingerprint density at radius 3 is 1.86 bits per heavy atom. The van der Waals surface area contributed by atoms with Crippen LogP contribution in [0.2, 0.25) is 0 Å². The SMILES string of the molecule is CCOc1ccc(C(=O)CCC(=O)NC(c2ccccc2)c2ccccc2)cc1. The van der Waals surface area contributed by atoms with Crippen molar-refractivity contribution >= 4 is 11.7 Å². The zero-order valence-electron chi connectivity index (χ0n) is 16.5. The molecule has 0 fully saturated rings. The highest BCUT2D eigenvalue weighted by molar-refractivity contribution is 5.98. The molecule has 0 unspecified atom stereocenters. The zero-order valence-corrected chi connectivity index (χ0v) is 16.5. The Balaban J connectivity index is 1.62. The number of rotatable bonds is 9. The molecule has 148 valence electrons. The van der Waals surface area contributed by atoms with E-state index < -0.39 is 0 Å². The van der Waals surface area contributed by atoms with Crippen molar-refractivity contribution in [1.29, 1.82) is 0 Å². The van der Waals surface area contributed by atoms with Crippen LogP contribution >= 0.6 is 0 Å². The number of ketones is 1. The average Bonchev–Trinajstić information content (AvgIpc) is 2.78. The summed E-state index contributed by atoms with van der Waals surface area (Å²) in [5.74, 6) is 0.525. The van der Waals surface area contributed by atoms with Crippen molar-refractivity contribution in [2.24, 2.45) is 0 Å². The molecule has 0 aliphatic rings. The maximum Gasteiger partial charge on any atom is 0.221 e. The normalized spacial score (nSPS) is 10.6. The van der Waals surface area contributed by atoms with Crippen LogP contribution < -0.4 is 10.1 Å². The number of benzene rings is 3. The molecular formula is C25H25NO3. The number of carbonyl (C=O) groups excluding carboxylic acids is 2. The van der Waals surface area contributed by atoms with Crippen molar-refractivity contribution in [3.05, 3.63) is 102 Å². The van der Waals surface area contributed by atoms with Gasteiger partial charge >= 0.3 is 0 Å². The van der Waals surface area contributed by atoms with Gasteiger partial charge in [0.15, 0.2) is 5.78 Å². The number of amides is 1. The Kier molecular flexibility index (Phi) is 7.17. The Labute approximate surface area is 171 Å². The van der Waals surface area contributed by atoms with Crippen LogP contribution in [0.5, 0.6) is 5.75 Å². The lowest BCUT2D eigenvalue weighted by molar-refractivity contribution is -0.121. The van der Waals surface area contributed by atoms with Crippen molar-refractivity contribution in [1.82, 2.24) is 5.32 Å². The van der Waals surface area contributed by atoms with Crippen molar-refractivity contribution in [3.8, 4) is 5.75 Å². The number of ether oxygens (including phenoxy) is 1. The number of nitrogens with one attached hydrogen (secondary N) is 1. The molecule has 0 aromatic heterocycles. The highest BCUT2D eigenvalue weighted by Crippen LogP contribution is 2.22. The summed E-state index contributed by atoms with van der Waals surface area (Å²) in [5.41, 5.74) is 2.60. The van der Waals surface area contributed by atoms with Crippen LogP contribution in [0.4, 0.5) is 0 Å². The van der Waals surface area contributed by atoms with E-state index in [4.69, 9.17) is 4.74 Å². The number of carbonyl (C=O) groups is 2. The molecule has 0 atom stereocenters. The van der Waals surface area contributed by atoms with Crippen LogP contribution in [-0.4, -0.2) is 18.3 Å². The lowest BCUT2D eigenvalue weighted by atomic mass is 9.98. The van der Waals surface area contributed by atoms with E-state index in [2.05, 4.69) is 5.32 Å². The molecule has 3 aromatic carbocycles. The van der Waals surface area contributed by atoms with Gasteiger partial charge in [0, 0.05) is 18.4 Å². The summed E-state index contributed by atoms with van der Waals surface area (Å²) in [6.45, 7) is 2.49. The molecule has 3 aromatic rings. The zero-order chi connectivity index (χ0) is 20.5. The predicted octanol–water partition coefficient (Wildman–Crippen LogP) is 4.95. The largest absolute Gasteiger partial charge is 0.494 e. The Bertz CT molecular complexity index is 882. The second-order valence-corrected chi connectivity index (χ2v) is 6.70. The lowest BCUT2D eigenvalue weighted by Crippen LogP contribution is -2.29. The molecule has 4 nitrogen and oxygen atoms in total. The second-order valence-electron chi connectivity index (χ2n) is 6.70. The van der Waals surface area contributed by atoms with Crippen molar-refractivity contribution in [3.63, 3.8) is 0 Å². The van der Waals surface area contributed by atoms with E-state index in [-0.39, 0.29) is 30.6 Å². The number of hydrogen-bond donors (Lipinski definition) is 1. The summed E-state index contributed by atoms with van der Waals surface area (Å²) in [5, 5.41) is 3.07. The quantitative estimate of drug-likeness (QED) is 0.528. The van der Waals surface area contributed by atoms with Crippen LogP contribution in [-0.2, 0) is 4.79 Å². The Morgan fingerprint density at radius 1 is 0.793 bits per heavy atom. The molecule has 1 N–H and O–H groups in total. The molecule has 4 heteroatoms. The van der Waals surface area contributed by atoms with E-state index in [1.54, 1.807) is 24.3 Å². The van der Waals surface area contributed by atoms with Crippen LogP contribution in [0.25, 0.3) is 0 Å². The third kappa shape index (κ3) is 5.79. The summed E-state index contributed by atoms with van der Waals surface area (Å²) < 4.78 is 5.39. The Morgan fingerprint density at radius 2 is 1.34 bits per heavy atom. The van der Waals surface area contributed by atoms with Crippen LogP contribution in [0.1, 0.15) is 47.3 Å². The van der Waals surface area contributed by atoms with Crippen molar-refractivity contribution in [2.45, 2.75) is 25.8 Å². The first-order chi connectivity index (χ1) is 14.2. The highest BCUT2D eigenvalue weighted by Gasteiger charge is 2.17. The van der Waals surface area contributed by atoms with E-state index in [1.807, 2.05) is 67.6 Å². The summed E-state index contributed by atoms with van der Waals surface area (Å²) in [6.07, 6.45) is 0.304. The lowest BCUT2D eigenvalue weighted by Gasteiger charge is -2.20. The molecule has 0 aliphatic heterocycles. The first-order valence-corrected chi connectivity index (χ1v) is 9.82. The number of Topliss-reactive ketones (excluding diaryl/α,β-unsaturated/α-hetero) is 1. The molecule has 29 heavy (non-hydrogen) atoms. The molecule has 1 amide bonds. The van der Waals surface area contributed by atoms with Crippen LogP contribution in [0, 0.1) is 0 Å². The van der Waals surface area contributed by atoms with E-state index in [0.29, 0.717) is 12.2 Å². The molecule has 0 saturated carbocycles. The summed E-state index contributed by atoms with van der Waals surface area (Å²) in [7, 11) is 0. The molecule has 0 radical (unpaired) electrons. The molecule has 3 rings (SSSR count). The summed E-state index contributed by atoms with van der Waals surface area (Å²) >= 11 is 0. The smallest absolute Gasteiger partial charge is 0.221 e. The topological polar surface area (TPSA) is 55.4 Å². The van der Waals surface area contributed by atoms with Gasteiger partial charge in [-0.2, -0.15) is 0 Å². The van der Waals surface area contributed by atoms with Gasteiger partial charge in [-0.05, 0) is 42.3 Å². The molecule has 0 aliphatic carbocycles. The standard InChI is InChI=1S/C25H25NO3/c1-2-29-22-15-13-19(14-16-22)23(27)17-18-24(28)26-25(20-9-5-3-6-10-20)21-11-7-4-8-12-21/h3-16,25H,2,17-18H2,1H3,(H,26,28). The molecule has 0 spiro atoms. The molecule has 0 saturated heterocycles. The van der Waals surface area contributed by atoms with Gasteiger partial charge in [0.2, 0.25) is 5.91 Å². The van der Waals surface area contributed by atoms with Gasteiger partial charge < -0.3 is 10.1 Å². The van der Waals surface area contributed by atoms with E-state index in [1.165, 1.54) is 0 Å². The van der Waals surface area contributed by atoms with Gasteiger partial charge in [-0.25, -0.2) is 0 Å². The Hall–Kier alpha value is -3.40. The van der Waals surface area contributed by atoms with Gasteiger partial charge in [-0.3, -0.25) is 9.59 Å². The molecule has 0 bridgehead atoms. The fourth-order valence-corrected chi connectivity index (χ4v) is 3.16. The minimum atomic E-state index is -0.245. The van der Waals surface area contributed by atoms with Crippen molar-refractivity contribution < 1.29 is 14.3 Å². The van der Waals surface area contributed by atoms with Gasteiger partial charge in [0.05, 0.1) is 12.6 Å². The fourth-order valence-electron chi connectivity index (χ4n) is 3.16. The van der Waals surface area contributed by atoms with E-state index >= 15 is 0 Å². The maximum atomic E-state index is 12.6. The van der Waals surface area contributed by atoms with E-state index in [9.17, 15) is 9.59 Å². The van der Waals surface area contributed by atoms with Crippen LogP contribution in [0.15, 0.2) is 84.9 Å². The first kappa shape index (κ1) is 20.3. The summed E-state index contributed by atoms with van der Waals surface area (Å²) in [4.78, 5) is 25.0. The highest BCUT2D eigenvalue weighted by atomic mass is 16.5. The third-order valence-corrected chi connectivity index (χ3v) is 4.64. The van der Waals surface area contributed by atoms with Gasteiger partial charge in [-0.15, -0.1) is 0 Å². The fraction of sp³-hybridized carbons (Fsp3) is 0.200. The van der Waals surface area contributed by atoms with Crippen molar-refractivity contribution in [2.75, 3.05) is 6.61 Å². The minimum absolute atomic E-state index is 0.0563. The minimum Gasteiger partial charge on any atom is -0.494 e. The predicted molar refractivity (Wildman–Crippen MR) is 114 cm³/mol. The van der Waals surface area contributed by atoms with Gasteiger partial charge in [-0.1, -0.05) is 60.7 Å². The van der Waals surface area contributed by atoms with Gasteiger partial charge in [0.25, 0.3) is 0 Å². The van der Waals surface area contributed by atoms with Crippen LogP contribution in [0.3, 0.4) is 0 Å². The molecular weight excluding hydrogens is 362 g/mol. The summed E-state index contributed by atoms with van der Waals surface area (Å²) in [6, 6.07) is 26.4. The average molecular weight is 387 g/mol. The third-order valence-electron chi connectivity index (χ3n) is 4.64. The number of hydrogen-bond acceptors (Lipinski definition) is 3. The molecule has 0 heterocycles. The maximum absolute atomic E-state index is 12.6. The van der Waals surface area contributed by atoms with Gasteiger partial charge in [0.1, 0.15) is 5.75 Å². The monoisotopic (exact) mass is 387 g/mol. The van der Waals surface area contributed by atoms with E-state index in [0.717, 1.165) is 16.9 Å².